The molecule has 1 N–H and O–H groups in total. The van der Waals surface area contributed by atoms with E-state index in [4.69, 9.17) is 9.99 Å². The average molecular weight is 230 g/mol. The minimum atomic E-state index is -0.795. The van der Waals surface area contributed by atoms with Crippen LogP contribution in [0.4, 0.5) is 0 Å². The van der Waals surface area contributed by atoms with Crippen molar-refractivity contribution >= 4 is 5.97 Å². The molecule has 17 heavy (non-hydrogen) atoms. The van der Waals surface area contributed by atoms with Gasteiger partial charge in [-0.15, -0.1) is 0 Å². The second kappa shape index (κ2) is 5.14. The zero-order valence-electron chi connectivity index (χ0n) is 8.87. The van der Waals surface area contributed by atoms with E-state index in [0.717, 1.165) is 0 Å². The van der Waals surface area contributed by atoms with Crippen LogP contribution in [0.2, 0.25) is 0 Å². The maximum atomic E-state index is 11.0. The van der Waals surface area contributed by atoms with Gasteiger partial charge in [0.2, 0.25) is 0 Å². The fourth-order valence-corrected chi connectivity index (χ4v) is 1.34. The molecule has 0 aliphatic rings. The summed E-state index contributed by atoms with van der Waals surface area (Å²) in [6, 6.07) is 15.6. The predicted octanol–water partition coefficient (Wildman–Crippen LogP) is 3.11. The van der Waals surface area contributed by atoms with Gasteiger partial charge in [0.05, 0.1) is 5.56 Å². The van der Waals surface area contributed by atoms with Crippen LogP contribution in [-0.4, -0.2) is 11.2 Å². The first kappa shape index (κ1) is 11.2. The first-order chi connectivity index (χ1) is 8.29. The van der Waals surface area contributed by atoms with E-state index >= 15 is 0 Å². The molecule has 4 heteroatoms. The minimum absolute atomic E-state index is 0.257. The summed E-state index contributed by atoms with van der Waals surface area (Å²) in [6.07, 6.45) is 0. The van der Waals surface area contributed by atoms with Crippen molar-refractivity contribution < 1.29 is 19.7 Å². The summed E-state index contributed by atoms with van der Waals surface area (Å²) in [5.74, 6) is 0.520. The molecular formula is C13H10O4. The molecule has 2 aromatic carbocycles. The molecule has 2 rings (SSSR count). The van der Waals surface area contributed by atoms with E-state index in [1.807, 2.05) is 30.3 Å². The van der Waals surface area contributed by atoms with Crippen LogP contribution < -0.4 is 4.74 Å². The molecule has 2 aromatic rings. The fourth-order valence-electron chi connectivity index (χ4n) is 1.34. The lowest BCUT2D eigenvalue weighted by molar-refractivity contribution is -0.182. The highest BCUT2D eigenvalue weighted by atomic mass is 17.1. The lowest BCUT2D eigenvalue weighted by atomic mass is 10.2. The predicted molar refractivity (Wildman–Crippen MR) is 61.0 cm³/mol. The quantitative estimate of drug-likeness (QED) is 0.650. The second-order valence-electron chi connectivity index (χ2n) is 3.32. The van der Waals surface area contributed by atoms with Gasteiger partial charge in [-0.3, -0.25) is 4.89 Å². The van der Waals surface area contributed by atoms with Gasteiger partial charge < -0.3 is 4.74 Å². The van der Waals surface area contributed by atoms with Gasteiger partial charge in [-0.05, 0) is 36.4 Å². The van der Waals surface area contributed by atoms with Crippen LogP contribution in [0, 0.1) is 0 Å². The van der Waals surface area contributed by atoms with Crippen LogP contribution in [0.15, 0.2) is 54.6 Å². The molecule has 0 bridgehead atoms. The van der Waals surface area contributed by atoms with Crippen LogP contribution in [0.5, 0.6) is 11.5 Å². The molecule has 0 radical (unpaired) electrons. The van der Waals surface area contributed by atoms with Crippen LogP contribution in [-0.2, 0) is 4.89 Å². The maximum absolute atomic E-state index is 11.0. The van der Waals surface area contributed by atoms with Gasteiger partial charge in [0.15, 0.2) is 0 Å². The lowest BCUT2D eigenvalue weighted by Gasteiger charge is -2.05. The summed E-state index contributed by atoms with van der Waals surface area (Å²) < 4.78 is 5.53. The van der Waals surface area contributed by atoms with Gasteiger partial charge in [-0.25, -0.2) is 4.79 Å². The zero-order chi connectivity index (χ0) is 12.1. The van der Waals surface area contributed by atoms with Crippen LogP contribution in [0.25, 0.3) is 0 Å². The van der Waals surface area contributed by atoms with Gasteiger partial charge in [-0.1, -0.05) is 18.2 Å². The van der Waals surface area contributed by atoms with Crippen molar-refractivity contribution in [3.63, 3.8) is 0 Å². The molecule has 0 aromatic heterocycles. The normalized spacial score (nSPS) is 9.71. The smallest absolute Gasteiger partial charge is 0.372 e. The maximum Gasteiger partial charge on any atom is 0.372 e. The number of para-hydroxylation sites is 1. The molecular weight excluding hydrogens is 220 g/mol. The van der Waals surface area contributed by atoms with E-state index in [2.05, 4.69) is 4.89 Å². The van der Waals surface area contributed by atoms with Gasteiger partial charge in [0.25, 0.3) is 0 Å². The summed E-state index contributed by atoms with van der Waals surface area (Å²) in [5.41, 5.74) is 0.257. The summed E-state index contributed by atoms with van der Waals surface area (Å²) >= 11 is 0. The number of rotatable bonds is 3. The van der Waals surface area contributed by atoms with Crippen molar-refractivity contribution in [3.05, 3.63) is 60.2 Å². The Kier molecular flexibility index (Phi) is 3.37. The van der Waals surface area contributed by atoms with E-state index in [0.29, 0.717) is 11.5 Å². The van der Waals surface area contributed by atoms with Gasteiger partial charge >= 0.3 is 5.97 Å². The molecule has 0 aliphatic heterocycles. The van der Waals surface area contributed by atoms with Gasteiger partial charge in [0, 0.05) is 0 Å². The zero-order valence-corrected chi connectivity index (χ0v) is 8.87. The Hall–Kier alpha value is -2.33. The van der Waals surface area contributed by atoms with Crippen molar-refractivity contribution in [2.24, 2.45) is 0 Å². The Labute approximate surface area is 98.0 Å². The number of ether oxygens (including phenoxy) is 1. The van der Waals surface area contributed by atoms with E-state index < -0.39 is 5.97 Å². The molecule has 0 saturated heterocycles. The molecule has 0 atom stereocenters. The van der Waals surface area contributed by atoms with E-state index in [9.17, 15) is 4.79 Å². The molecule has 0 unspecified atom stereocenters. The Morgan fingerprint density at radius 2 is 1.47 bits per heavy atom. The average Bonchev–Trinajstić information content (AvgIpc) is 2.40. The summed E-state index contributed by atoms with van der Waals surface area (Å²) in [6.45, 7) is 0. The third-order valence-electron chi connectivity index (χ3n) is 2.15. The topological polar surface area (TPSA) is 55.8 Å². The third kappa shape index (κ3) is 2.83. The highest BCUT2D eigenvalue weighted by Gasteiger charge is 2.06. The largest absolute Gasteiger partial charge is 0.457 e. The Balaban J connectivity index is 2.11. The first-order valence-electron chi connectivity index (χ1n) is 4.98. The fraction of sp³-hybridized carbons (Fsp3) is 0. The number of hydrogen-bond donors (Lipinski definition) is 1. The SMILES string of the molecule is O=C(OO)c1ccc(Oc2ccccc2)cc1. The standard InChI is InChI=1S/C13H10O4/c14-13(17-15)10-6-8-12(9-7-10)16-11-4-2-1-3-5-11/h1-9,15H. The molecule has 0 heterocycles. The molecule has 0 amide bonds. The molecule has 0 spiro atoms. The Morgan fingerprint density at radius 1 is 0.882 bits per heavy atom. The minimum Gasteiger partial charge on any atom is -0.457 e. The summed E-state index contributed by atoms with van der Waals surface area (Å²) in [4.78, 5) is 14.6. The second-order valence-corrected chi connectivity index (χ2v) is 3.32. The third-order valence-corrected chi connectivity index (χ3v) is 2.15. The molecule has 4 nitrogen and oxygen atoms in total. The van der Waals surface area contributed by atoms with E-state index in [1.54, 1.807) is 12.1 Å². The Bertz CT molecular complexity index is 491. The number of carbonyl (C=O) groups excluding carboxylic acids is 1. The summed E-state index contributed by atoms with van der Waals surface area (Å²) in [7, 11) is 0. The van der Waals surface area contributed by atoms with Crippen molar-refractivity contribution in [3.8, 4) is 11.5 Å². The lowest BCUT2D eigenvalue weighted by Crippen LogP contribution is -2.00. The van der Waals surface area contributed by atoms with Crippen molar-refractivity contribution in [1.29, 1.82) is 0 Å². The van der Waals surface area contributed by atoms with E-state index in [-0.39, 0.29) is 5.56 Å². The van der Waals surface area contributed by atoms with E-state index in [1.165, 1.54) is 12.1 Å². The van der Waals surface area contributed by atoms with Crippen molar-refractivity contribution in [2.45, 2.75) is 0 Å². The number of benzene rings is 2. The van der Waals surface area contributed by atoms with Gasteiger partial charge in [-0.2, -0.15) is 5.26 Å². The molecule has 0 aliphatic carbocycles. The number of carbonyl (C=O) groups is 1. The summed E-state index contributed by atoms with van der Waals surface area (Å²) in [5, 5.41) is 8.21. The number of hydrogen-bond acceptors (Lipinski definition) is 4. The monoisotopic (exact) mass is 230 g/mol. The highest BCUT2D eigenvalue weighted by Crippen LogP contribution is 2.21. The first-order valence-corrected chi connectivity index (χ1v) is 4.98. The Morgan fingerprint density at radius 3 is 2.06 bits per heavy atom. The van der Waals surface area contributed by atoms with Crippen LogP contribution in [0.1, 0.15) is 10.4 Å². The highest BCUT2D eigenvalue weighted by molar-refractivity contribution is 5.88. The molecule has 86 valence electrons. The van der Waals surface area contributed by atoms with Crippen LogP contribution in [0.3, 0.4) is 0 Å². The van der Waals surface area contributed by atoms with Crippen molar-refractivity contribution in [1.82, 2.24) is 0 Å². The van der Waals surface area contributed by atoms with Crippen LogP contribution >= 0.6 is 0 Å². The molecule has 0 fully saturated rings. The molecule has 0 saturated carbocycles. The van der Waals surface area contributed by atoms with Gasteiger partial charge in [0.1, 0.15) is 11.5 Å². The van der Waals surface area contributed by atoms with Crippen molar-refractivity contribution in [2.75, 3.05) is 0 Å².